The lowest BCUT2D eigenvalue weighted by Gasteiger charge is -2.19. The third kappa shape index (κ3) is 3.89. The first kappa shape index (κ1) is 13.2. The molecule has 0 spiro atoms. The predicted octanol–water partition coefficient (Wildman–Crippen LogP) is 4.60. The fraction of sp³-hybridized carbons (Fsp3) is 0.667. The average Bonchev–Trinajstić information content (AvgIpc) is 2.61. The minimum atomic E-state index is 0.501. The molecular weight excluding hydrogens is 270 g/mol. The quantitative estimate of drug-likeness (QED) is 0.807. The minimum absolute atomic E-state index is 0.501. The monoisotopic (exact) mass is 289 g/mol. The predicted molar refractivity (Wildman–Crippen MR) is 72.5 cm³/mol. The lowest BCUT2D eigenvalue weighted by atomic mass is 9.96. The zero-order valence-corrected chi connectivity index (χ0v) is 12.1. The summed E-state index contributed by atoms with van der Waals surface area (Å²) in [7, 11) is 2.05. The number of halogens is 1. The van der Waals surface area contributed by atoms with Gasteiger partial charge in [0, 0.05) is 15.4 Å². The highest BCUT2D eigenvalue weighted by atomic mass is 79.9. The van der Waals surface area contributed by atoms with Crippen molar-refractivity contribution in [1.29, 1.82) is 0 Å². The van der Waals surface area contributed by atoms with Gasteiger partial charge < -0.3 is 5.32 Å². The molecule has 0 aliphatic rings. The molecule has 0 saturated carbocycles. The van der Waals surface area contributed by atoms with Gasteiger partial charge in [0.15, 0.2) is 0 Å². The molecule has 1 N–H and O–H groups in total. The SMILES string of the molecule is CCCC(C)CC(NC)c1sccc1Br. The molecule has 0 radical (unpaired) electrons. The van der Waals surface area contributed by atoms with Gasteiger partial charge >= 0.3 is 0 Å². The Hall–Kier alpha value is 0.140. The van der Waals surface area contributed by atoms with Crippen LogP contribution < -0.4 is 5.32 Å². The summed E-state index contributed by atoms with van der Waals surface area (Å²) in [6, 6.07) is 2.63. The molecule has 15 heavy (non-hydrogen) atoms. The summed E-state index contributed by atoms with van der Waals surface area (Å²) in [5.74, 6) is 0.793. The third-order valence-electron chi connectivity index (χ3n) is 2.73. The molecule has 0 amide bonds. The van der Waals surface area contributed by atoms with Crippen LogP contribution in [0.2, 0.25) is 0 Å². The Labute approximate surface area is 105 Å². The van der Waals surface area contributed by atoms with E-state index in [1.54, 1.807) is 0 Å². The van der Waals surface area contributed by atoms with Gasteiger partial charge in [0.2, 0.25) is 0 Å². The molecule has 1 rings (SSSR count). The van der Waals surface area contributed by atoms with E-state index in [9.17, 15) is 0 Å². The standard InChI is InChI=1S/C12H20BrNS/c1-4-5-9(2)8-11(14-3)12-10(13)6-7-15-12/h6-7,9,11,14H,4-5,8H2,1-3H3. The number of hydrogen-bond donors (Lipinski definition) is 1. The van der Waals surface area contributed by atoms with Crippen LogP contribution in [0.5, 0.6) is 0 Å². The topological polar surface area (TPSA) is 12.0 Å². The number of hydrogen-bond acceptors (Lipinski definition) is 2. The van der Waals surface area contributed by atoms with Crippen LogP contribution in [0.4, 0.5) is 0 Å². The van der Waals surface area contributed by atoms with Gasteiger partial charge in [-0.1, -0.05) is 26.7 Å². The number of nitrogens with one attached hydrogen (secondary N) is 1. The van der Waals surface area contributed by atoms with Crippen LogP contribution >= 0.6 is 27.3 Å². The zero-order valence-electron chi connectivity index (χ0n) is 9.72. The Morgan fingerprint density at radius 1 is 1.53 bits per heavy atom. The van der Waals surface area contributed by atoms with E-state index < -0.39 is 0 Å². The van der Waals surface area contributed by atoms with E-state index in [0.29, 0.717) is 6.04 Å². The van der Waals surface area contributed by atoms with Crippen molar-refractivity contribution in [1.82, 2.24) is 5.32 Å². The molecule has 2 unspecified atom stereocenters. The van der Waals surface area contributed by atoms with Crippen molar-refractivity contribution in [3.05, 3.63) is 20.8 Å². The molecule has 1 aromatic rings. The second kappa shape index (κ2) is 6.66. The van der Waals surface area contributed by atoms with Crippen LogP contribution in [0, 0.1) is 5.92 Å². The highest BCUT2D eigenvalue weighted by Crippen LogP contribution is 2.33. The Kier molecular flexibility index (Phi) is 5.87. The molecule has 0 saturated heterocycles. The van der Waals surface area contributed by atoms with Gasteiger partial charge in [0.05, 0.1) is 0 Å². The van der Waals surface area contributed by atoms with Crippen LogP contribution in [0.25, 0.3) is 0 Å². The number of rotatable bonds is 6. The first-order valence-corrected chi connectivity index (χ1v) is 7.26. The molecule has 0 bridgehead atoms. The third-order valence-corrected chi connectivity index (χ3v) is 4.71. The summed E-state index contributed by atoms with van der Waals surface area (Å²) in [5, 5.41) is 5.56. The van der Waals surface area contributed by atoms with Gasteiger partial charge in [0.1, 0.15) is 0 Å². The first-order valence-electron chi connectivity index (χ1n) is 5.59. The van der Waals surface area contributed by atoms with Crippen LogP contribution in [0.3, 0.4) is 0 Å². The van der Waals surface area contributed by atoms with E-state index in [2.05, 4.69) is 53.6 Å². The van der Waals surface area contributed by atoms with Gasteiger partial charge in [-0.2, -0.15) is 0 Å². The fourth-order valence-corrected chi connectivity index (χ4v) is 3.70. The van der Waals surface area contributed by atoms with Crippen LogP contribution in [-0.2, 0) is 0 Å². The minimum Gasteiger partial charge on any atom is -0.312 e. The molecule has 0 aliphatic carbocycles. The van der Waals surface area contributed by atoms with Crippen LogP contribution in [0.1, 0.15) is 44.0 Å². The van der Waals surface area contributed by atoms with Crippen molar-refractivity contribution in [2.24, 2.45) is 5.92 Å². The largest absolute Gasteiger partial charge is 0.312 e. The molecule has 0 aromatic carbocycles. The first-order chi connectivity index (χ1) is 7.19. The summed E-state index contributed by atoms with van der Waals surface area (Å²) in [6.45, 7) is 4.60. The van der Waals surface area contributed by atoms with Gasteiger partial charge in [-0.3, -0.25) is 0 Å². The van der Waals surface area contributed by atoms with Gasteiger partial charge in [-0.15, -0.1) is 11.3 Å². The van der Waals surface area contributed by atoms with Crippen molar-refractivity contribution < 1.29 is 0 Å². The Morgan fingerprint density at radius 3 is 2.73 bits per heavy atom. The summed E-state index contributed by atoms with van der Waals surface area (Å²) in [5.41, 5.74) is 0. The normalized spacial score (nSPS) is 15.2. The van der Waals surface area contributed by atoms with Crippen molar-refractivity contribution in [3.8, 4) is 0 Å². The van der Waals surface area contributed by atoms with E-state index in [0.717, 1.165) is 5.92 Å². The highest BCUT2D eigenvalue weighted by molar-refractivity contribution is 9.10. The van der Waals surface area contributed by atoms with Crippen molar-refractivity contribution in [2.75, 3.05) is 7.05 Å². The highest BCUT2D eigenvalue weighted by Gasteiger charge is 2.16. The summed E-state index contributed by atoms with van der Waals surface area (Å²) in [4.78, 5) is 1.43. The summed E-state index contributed by atoms with van der Waals surface area (Å²) >= 11 is 5.44. The molecular formula is C12H20BrNS. The maximum absolute atomic E-state index is 3.61. The van der Waals surface area contributed by atoms with E-state index in [-0.39, 0.29) is 0 Å². The molecule has 3 heteroatoms. The second-order valence-corrected chi connectivity index (χ2v) is 5.91. The lowest BCUT2D eigenvalue weighted by molar-refractivity contribution is 0.410. The molecule has 1 heterocycles. The van der Waals surface area contributed by atoms with Gasteiger partial charge in [-0.25, -0.2) is 0 Å². The van der Waals surface area contributed by atoms with Crippen molar-refractivity contribution in [3.63, 3.8) is 0 Å². The maximum Gasteiger partial charge on any atom is 0.0426 e. The van der Waals surface area contributed by atoms with E-state index in [4.69, 9.17) is 0 Å². The number of thiophene rings is 1. The van der Waals surface area contributed by atoms with Crippen molar-refractivity contribution >= 4 is 27.3 Å². The lowest BCUT2D eigenvalue weighted by Crippen LogP contribution is -2.18. The Balaban J connectivity index is 2.60. The zero-order chi connectivity index (χ0) is 11.3. The molecule has 1 aromatic heterocycles. The van der Waals surface area contributed by atoms with E-state index >= 15 is 0 Å². The molecule has 0 fully saturated rings. The molecule has 0 aliphatic heterocycles. The molecule has 1 nitrogen and oxygen atoms in total. The van der Waals surface area contributed by atoms with Crippen molar-refractivity contribution in [2.45, 2.75) is 39.2 Å². The maximum atomic E-state index is 3.61. The van der Waals surface area contributed by atoms with E-state index in [1.165, 1.54) is 28.6 Å². The second-order valence-electron chi connectivity index (χ2n) is 4.10. The van der Waals surface area contributed by atoms with E-state index in [1.807, 2.05) is 11.3 Å². The summed E-state index contributed by atoms with van der Waals surface area (Å²) < 4.78 is 1.25. The smallest absolute Gasteiger partial charge is 0.0426 e. The van der Waals surface area contributed by atoms with Crippen LogP contribution in [-0.4, -0.2) is 7.05 Å². The van der Waals surface area contributed by atoms with Gasteiger partial charge in [0.25, 0.3) is 0 Å². The molecule has 2 atom stereocenters. The Bertz CT molecular complexity index is 285. The molecule has 86 valence electrons. The average molecular weight is 290 g/mol. The fourth-order valence-electron chi connectivity index (χ4n) is 1.92. The Morgan fingerprint density at radius 2 is 2.27 bits per heavy atom. The van der Waals surface area contributed by atoms with Gasteiger partial charge in [-0.05, 0) is 46.8 Å². The van der Waals surface area contributed by atoms with Crippen LogP contribution in [0.15, 0.2) is 15.9 Å². The summed E-state index contributed by atoms with van der Waals surface area (Å²) in [6.07, 6.45) is 3.83.